The number of rotatable bonds is 3. The van der Waals surface area contributed by atoms with Crippen LogP contribution in [0.3, 0.4) is 0 Å². The first-order valence-electron chi connectivity index (χ1n) is 6.40. The van der Waals surface area contributed by atoms with Crippen LogP contribution in [0, 0.1) is 6.92 Å². The van der Waals surface area contributed by atoms with Crippen molar-refractivity contribution in [1.29, 1.82) is 0 Å². The van der Waals surface area contributed by atoms with Crippen molar-refractivity contribution in [3.63, 3.8) is 0 Å². The molecule has 1 aliphatic rings. The summed E-state index contributed by atoms with van der Waals surface area (Å²) in [6.45, 7) is 2.69. The van der Waals surface area contributed by atoms with Crippen molar-refractivity contribution in [3.05, 3.63) is 35.9 Å². The van der Waals surface area contributed by atoms with Gasteiger partial charge in [-0.1, -0.05) is 0 Å². The Morgan fingerprint density at radius 2 is 2.26 bits per heavy atom. The Kier molecular flexibility index (Phi) is 3.16. The minimum atomic E-state index is -0.00314. The first-order valence-corrected chi connectivity index (χ1v) is 6.40. The molecular weight excluding hydrogens is 242 g/mol. The van der Waals surface area contributed by atoms with Crippen LogP contribution >= 0.6 is 0 Å². The SMILES string of the molecule is Cc1ccnc(N[C@H]2CCO[C@@H]2c2ccnn2C)n1. The molecule has 0 bridgehead atoms. The highest BCUT2D eigenvalue weighted by Crippen LogP contribution is 2.30. The van der Waals surface area contributed by atoms with E-state index in [9.17, 15) is 0 Å². The quantitative estimate of drug-likeness (QED) is 0.904. The molecule has 6 nitrogen and oxygen atoms in total. The van der Waals surface area contributed by atoms with Crippen molar-refractivity contribution in [1.82, 2.24) is 19.7 Å². The summed E-state index contributed by atoms with van der Waals surface area (Å²) in [5, 5.41) is 7.55. The van der Waals surface area contributed by atoms with Crippen molar-refractivity contribution in [2.45, 2.75) is 25.5 Å². The second kappa shape index (κ2) is 4.97. The molecule has 1 N–H and O–H groups in total. The maximum atomic E-state index is 5.81. The molecule has 6 heteroatoms. The number of nitrogens with zero attached hydrogens (tertiary/aromatic N) is 4. The van der Waals surface area contributed by atoms with Crippen LogP contribution in [-0.2, 0) is 11.8 Å². The summed E-state index contributed by atoms with van der Waals surface area (Å²) in [6, 6.07) is 4.05. The summed E-state index contributed by atoms with van der Waals surface area (Å²) in [7, 11) is 1.93. The van der Waals surface area contributed by atoms with E-state index < -0.39 is 0 Å². The number of hydrogen-bond acceptors (Lipinski definition) is 5. The van der Waals surface area contributed by atoms with Gasteiger partial charge in [-0.3, -0.25) is 4.68 Å². The zero-order chi connectivity index (χ0) is 13.2. The Balaban J connectivity index is 1.79. The molecule has 100 valence electrons. The van der Waals surface area contributed by atoms with Gasteiger partial charge in [0.15, 0.2) is 0 Å². The highest BCUT2D eigenvalue weighted by Gasteiger charge is 2.32. The lowest BCUT2D eigenvalue weighted by Crippen LogP contribution is -2.25. The third-order valence-electron chi connectivity index (χ3n) is 3.35. The van der Waals surface area contributed by atoms with Crippen molar-refractivity contribution in [2.75, 3.05) is 11.9 Å². The predicted molar refractivity (Wildman–Crippen MR) is 70.7 cm³/mol. The predicted octanol–water partition coefficient (Wildman–Crippen LogP) is 1.46. The van der Waals surface area contributed by atoms with E-state index in [0.717, 1.165) is 24.4 Å². The van der Waals surface area contributed by atoms with Crippen molar-refractivity contribution in [3.8, 4) is 0 Å². The zero-order valence-electron chi connectivity index (χ0n) is 11.1. The average molecular weight is 259 g/mol. The van der Waals surface area contributed by atoms with E-state index in [2.05, 4.69) is 20.4 Å². The highest BCUT2D eigenvalue weighted by atomic mass is 16.5. The lowest BCUT2D eigenvalue weighted by atomic mass is 10.1. The van der Waals surface area contributed by atoms with Gasteiger partial charge < -0.3 is 10.1 Å². The molecular formula is C13H17N5O. The minimum Gasteiger partial charge on any atom is -0.370 e. The van der Waals surface area contributed by atoms with Crippen LogP contribution in [0.25, 0.3) is 0 Å². The summed E-state index contributed by atoms with van der Waals surface area (Å²) < 4.78 is 7.66. The zero-order valence-corrected chi connectivity index (χ0v) is 11.1. The Morgan fingerprint density at radius 1 is 1.37 bits per heavy atom. The Bertz CT molecular complexity index is 568. The first-order chi connectivity index (χ1) is 9.24. The summed E-state index contributed by atoms with van der Waals surface area (Å²) in [5.74, 6) is 0.655. The normalized spacial score (nSPS) is 22.6. The van der Waals surface area contributed by atoms with Crippen LogP contribution in [-0.4, -0.2) is 32.4 Å². The van der Waals surface area contributed by atoms with Gasteiger partial charge in [0.25, 0.3) is 0 Å². The molecule has 3 rings (SSSR count). The molecule has 2 aromatic rings. The topological polar surface area (TPSA) is 64.9 Å². The van der Waals surface area contributed by atoms with Crippen LogP contribution in [0.1, 0.15) is 23.9 Å². The van der Waals surface area contributed by atoms with Gasteiger partial charge in [0, 0.05) is 31.7 Å². The maximum Gasteiger partial charge on any atom is 0.223 e. The van der Waals surface area contributed by atoms with Gasteiger partial charge >= 0.3 is 0 Å². The van der Waals surface area contributed by atoms with Gasteiger partial charge in [-0.15, -0.1) is 0 Å². The van der Waals surface area contributed by atoms with Gasteiger partial charge in [-0.25, -0.2) is 9.97 Å². The van der Waals surface area contributed by atoms with Crippen LogP contribution < -0.4 is 5.32 Å². The molecule has 1 saturated heterocycles. The largest absolute Gasteiger partial charge is 0.370 e. The summed E-state index contributed by atoms with van der Waals surface area (Å²) >= 11 is 0. The molecule has 2 aromatic heterocycles. The van der Waals surface area contributed by atoms with Gasteiger partial charge in [0.1, 0.15) is 6.10 Å². The Hall–Kier alpha value is -1.95. The summed E-state index contributed by atoms with van der Waals surface area (Å²) in [6.07, 6.45) is 4.49. The van der Waals surface area contributed by atoms with E-state index in [0.29, 0.717) is 5.95 Å². The molecule has 0 saturated carbocycles. The van der Waals surface area contributed by atoms with E-state index in [1.54, 1.807) is 12.4 Å². The molecule has 19 heavy (non-hydrogen) atoms. The van der Waals surface area contributed by atoms with Crippen LogP contribution in [0.2, 0.25) is 0 Å². The van der Waals surface area contributed by atoms with Crippen LogP contribution in [0.5, 0.6) is 0 Å². The van der Waals surface area contributed by atoms with Crippen molar-refractivity contribution in [2.24, 2.45) is 7.05 Å². The van der Waals surface area contributed by atoms with Gasteiger partial charge in [0.05, 0.1) is 11.7 Å². The molecule has 2 atom stereocenters. The van der Waals surface area contributed by atoms with Gasteiger partial charge in [-0.05, 0) is 25.5 Å². The van der Waals surface area contributed by atoms with Crippen molar-refractivity contribution < 1.29 is 4.74 Å². The third-order valence-corrected chi connectivity index (χ3v) is 3.35. The van der Waals surface area contributed by atoms with Crippen LogP contribution in [0.4, 0.5) is 5.95 Å². The second-order valence-electron chi connectivity index (χ2n) is 4.73. The molecule has 0 aliphatic carbocycles. The lowest BCUT2D eigenvalue weighted by molar-refractivity contribution is 0.101. The Labute approximate surface area is 111 Å². The standard InChI is InChI=1S/C13H17N5O/c1-9-3-6-14-13(16-9)17-10-5-8-19-12(10)11-4-7-15-18(11)2/h3-4,6-7,10,12H,5,8H2,1-2H3,(H,14,16,17)/t10-,12-/m0/s1. The van der Waals surface area contributed by atoms with Crippen molar-refractivity contribution >= 4 is 5.95 Å². The minimum absolute atomic E-state index is 0.00314. The fourth-order valence-corrected chi connectivity index (χ4v) is 2.38. The smallest absolute Gasteiger partial charge is 0.223 e. The number of nitrogens with one attached hydrogen (secondary N) is 1. The average Bonchev–Trinajstić information content (AvgIpc) is 2.98. The number of aromatic nitrogens is 4. The second-order valence-corrected chi connectivity index (χ2v) is 4.73. The van der Waals surface area contributed by atoms with E-state index in [-0.39, 0.29) is 12.1 Å². The maximum absolute atomic E-state index is 5.81. The molecule has 0 spiro atoms. The fraction of sp³-hybridized carbons (Fsp3) is 0.462. The molecule has 1 fully saturated rings. The highest BCUT2D eigenvalue weighted by molar-refractivity contribution is 5.29. The molecule has 0 aromatic carbocycles. The lowest BCUT2D eigenvalue weighted by Gasteiger charge is -2.20. The number of anilines is 1. The fourth-order valence-electron chi connectivity index (χ4n) is 2.38. The van der Waals surface area contributed by atoms with E-state index in [1.165, 1.54) is 0 Å². The number of hydrogen-bond donors (Lipinski definition) is 1. The van der Waals surface area contributed by atoms with Gasteiger partial charge in [-0.2, -0.15) is 5.10 Å². The molecule has 1 aliphatic heterocycles. The molecule has 3 heterocycles. The summed E-state index contributed by atoms with van der Waals surface area (Å²) in [4.78, 5) is 8.62. The molecule has 0 unspecified atom stereocenters. The van der Waals surface area contributed by atoms with Gasteiger partial charge in [0.2, 0.25) is 5.95 Å². The van der Waals surface area contributed by atoms with E-state index in [1.807, 2.05) is 30.8 Å². The first kappa shape index (κ1) is 12.1. The molecule has 0 amide bonds. The Morgan fingerprint density at radius 3 is 3.00 bits per heavy atom. The number of ether oxygens (including phenoxy) is 1. The van der Waals surface area contributed by atoms with Crippen LogP contribution in [0.15, 0.2) is 24.5 Å². The number of aryl methyl sites for hydroxylation is 2. The molecule has 0 radical (unpaired) electrons. The van der Waals surface area contributed by atoms with E-state index in [4.69, 9.17) is 4.74 Å². The third kappa shape index (κ3) is 2.44. The summed E-state index contributed by atoms with van der Waals surface area (Å²) in [5.41, 5.74) is 2.02. The van der Waals surface area contributed by atoms with E-state index >= 15 is 0 Å². The monoisotopic (exact) mass is 259 g/mol.